The fourth-order valence-corrected chi connectivity index (χ4v) is 4.19. The van der Waals surface area contributed by atoms with Gasteiger partial charge in [0.05, 0.1) is 18.2 Å². The van der Waals surface area contributed by atoms with Crippen molar-refractivity contribution in [1.82, 2.24) is 14.1 Å². The lowest BCUT2D eigenvalue weighted by Gasteiger charge is -2.15. The van der Waals surface area contributed by atoms with Crippen LogP contribution in [0.15, 0.2) is 37.2 Å². The molecule has 0 saturated carbocycles. The molecule has 0 amide bonds. The van der Waals surface area contributed by atoms with Crippen molar-refractivity contribution in [2.75, 3.05) is 7.11 Å². The first-order chi connectivity index (χ1) is 13.7. The van der Waals surface area contributed by atoms with Crippen LogP contribution >= 0.6 is 11.8 Å². The summed E-state index contributed by atoms with van der Waals surface area (Å²) in [4.78, 5) is 42.0. The second-order valence-corrected chi connectivity index (χ2v) is 8.15. The van der Waals surface area contributed by atoms with Crippen LogP contribution in [0.25, 0.3) is 11.0 Å². The Balaban J connectivity index is 2.10. The fraction of sp³-hybridized carbons (Fsp3) is 0.400. The molecule has 3 rings (SSSR count). The zero-order valence-corrected chi connectivity index (χ0v) is 17.8. The van der Waals surface area contributed by atoms with E-state index < -0.39 is 11.7 Å². The number of furan rings is 1. The summed E-state index contributed by atoms with van der Waals surface area (Å²) >= 11 is 1.43. The Hall–Kier alpha value is -2.81. The van der Waals surface area contributed by atoms with E-state index in [0.29, 0.717) is 28.5 Å². The van der Waals surface area contributed by atoms with E-state index in [4.69, 9.17) is 4.42 Å². The minimum Gasteiger partial charge on any atom is -0.463 e. The van der Waals surface area contributed by atoms with E-state index in [1.165, 1.54) is 30.5 Å². The number of nitrogens with zero attached hydrogens (tertiary/aromatic N) is 3. The van der Waals surface area contributed by atoms with Gasteiger partial charge in [-0.1, -0.05) is 13.8 Å². The first kappa shape index (κ1) is 20.9. The van der Waals surface area contributed by atoms with Crippen LogP contribution in [0.2, 0.25) is 0 Å². The third-order valence-electron chi connectivity index (χ3n) is 4.53. The Morgan fingerprint density at radius 3 is 2.62 bits per heavy atom. The number of carbonyl (C=O) groups is 1. The third-order valence-corrected chi connectivity index (χ3v) is 5.71. The number of fused-ring (bicyclic) bond motifs is 1. The second-order valence-electron chi connectivity index (χ2n) is 7.16. The molecule has 0 aliphatic carbocycles. The Bertz CT molecular complexity index is 1190. The number of ether oxygens (including phenoxy) is 1. The van der Waals surface area contributed by atoms with Crippen LogP contribution in [0.1, 0.15) is 35.7 Å². The van der Waals surface area contributed by atoms with Gasteiger partial charge in [0.15, 0.2) is 0 Å². The predicted octanol–water partition coefficient (Wildman–Crippen LogP) is 2.50. The predicted molar refractivity (Wildman–Crippen MR) is 110 cm³/mol. The molecule has 154 valence electrons. The maximum Gasteiger partial charge on any atom is 0.373 e. The van der Waals surface area contributed by atoms with E-state index in [2.05, 4.69) is 23.6 Å². The highest BCUT2D eigenvalue weighted by Crippen LogP contribution is 2.32. The molecule has 0 saturated heterocycles. The smallest absolute Gasteiger partial charge is 0.373 e. The highest BCUT2D eigenvalue weighted by Gasteiger charge is 2.19. The number of rotatable bonds is 6. The minimum absolute atomic E-state index is 0.128. The first-order valence-corrected chi connectivity index (χ1v) is 10.1. The standard InChI is InChI=1S/C20H23N3O5S/c1-11(2)8-12-9-21-17-15(18(24)23(4)20(26)22(17)3)16(12)29-10-13-6-7-14(28-13)19(25)27-5/h6-7,9,11H,8,10H2,1-5H3. The molecule has 3 aromatic heterocycles. The maximum atomic E-state index is 12.9. The van der Waals surface area contributed by atoms with Gasteiger partial charge < -0.3 is 9.15 Å². The lowest BCUT2D eigenvalue weighted by molar-refractivity contribution is 0.0563. The number of hydrogen-bond acceptors (Lipinski definition) is 7. The Morgan fingerprint density at radius 1 is 1.24 bits per heavy atom. The number of pyridine rings is 1. The molecule has 0 aliphatic heterocycles. The summed E-state index contributed by atoms with van der Waals surface area (Å²) in [5, 5.41) is 0.414. The monoisotopic (exact) mass is 417 g/mol. The number of esters is 1. The fourth-order valence-electron chi connectivity index (χ4n) is 3.10. The summed E-state index contributed by atoms with van der Waals surface area (Å²) in [5.41, 5.74) is 0.491. The van der Waals surface area contributed by atoms with Gasteiger partial charge in [0.2, 0.25) is 5.76 Å². The summed E-state index contributed by atoms with van der Waals surface area (Å²) < 4.78 is 12.7. The molecule has 0 radical (unpaired) electrons. The summed E-state index contributed by atoms with van der Waals surface area (Å²) in [5.74, 6) is 0.938. The quantitative estimate of drug-likeness (QED) is 0.449. The molecule has 9 heteroatoms. The van der Waals surface area contributed by atoms with Gasteiger partial charge in [-0.3, -0.25) is 13.9 Å². The van der Waals surface area contributed by atoms with Crippen molar-refractivity contribution in [3.8, 4) is 0 Å². The lowest BCUT2D eigenvalue weighted by atomic mass is 10.0. The van der Waals surface area contributed by atoms with Gasteiger partial charge in [-0.15, -0.1) is 11.8 Å². The number of thioether (sulfide) groups is 1. The molecule has 0 spiro atoms. The molecule has 0 bridgehead atoms. The zero-order chi connectivity index (χ0) is 21.3. The molecule has 0 N–H and O–H groups in total. The number of methoxy groups -OCH3 is 1. The third kappa shape index (κ3) is 4.00. The van der Waals surface area contributed by atoms with E-state index in [0.717, 1.165) is 21.4 Å². The Kier molecular flexibility index (Phi) is 5.97. The van der Waals surface area contributed by atoms with Gasteiger partial charge in [-0.05, 0) is 30.0 Å². The molecule has 0 unspecified atom stereocenters. The zero-order valence-electron chi connectivity index (χ0n) is 17.0. The molecule has 0 atom stereocenters. The molecule has 0 aromatic carbocycles. The van der Waals surface area contributed by atoms with Gasteiger partial charge in [-0.2, -0.15) is 0 Å². The van der Waals surface area contributed by atoms with Gasteiger partial charge in [0.1, 0.15) is 11.4 Å². The highest BCUT2D eigenvalue weighted by molar-refractivity contribution is 7.98. The summed E-state index contributed by atoms with van der Waals surface area (Å²) in [6, 6.07) is 3.27. The van der Waals surface area contributed by atoms with E-state index >= 15 is 0 Å². The average molecular weight is 417 g/mol. The summed E-state index contributed by atoms with van der Waals surface area (Å²) in [6.07, 6.45) is 2.47. The van der Waals surface area contributed by atoms with Gasteiger partial charge in [-0.25, -0.2) is 14.6 Å². The second kappa shape index (κ2) is 8.28. The molecular weight excluding hydrogens is 394 g/mol. The van der Waals surface area contributed by atoms with Gasteiger partial charge in [0.25, 0.3) is 5.56 Å². The van der Waals surface area contributed by atoms with Gasteiger partial charge in [0, 0.05) is 25.2 Å². The summed E-state index contributed by atoms with van der Waals surface area (Å²) in [7, 11) is 4.35. The van der Waals surface area contributed by atoms with E-state index in [1.54, 1.807) is 25.4 Å². The Labute approximate surface area is 171 Å². The van der Waals surface area contributed by atoms with Gasteiger partial charge >= 0.3 is 11.7 Å². The maximum absolute atomic E-state index is 12.9. The normalized spacial score (nSPS) is 11.4. The largest absolute Gasteiger partial charge is 0.463 e. The highest BCUT2D eigenvalue weighted by atomic mass is 32.2. The van der Waals surface area contributed by atoms with Crippen LogP contribution < -0.4 is 11.2 Å². The van der Waals surface area contributed by atoms with E-state index in [9.17, 15) is 14.4 Å². The van der Waals surface area contributed by atoms with Crippen molar-refractivity contribution < 1.29 is 13.9 Å². The lowest BCUT2D eigenvalue weighted by Crippen LogP contribution is -2.37. The van der Waals surface area contributed by atoms with Crippen LogP contribution in [-0.2, 0) is 31.0 Å². The molecule has 0 fully saturated rings. The molecule has 8 nitrogen and oxygen atoms in total. The molecule has 3 aromatic rings. The van der Waals surface area contributed by atoms with Crippen LogP contribution in [0.4, 0.5) is 0 Å². The van der Waals surface area contributed by atoms with Crippen LogP contribution in [0.5, 0.6) is 0 Å². The molecule has 0 aliphatic rings. The summed E-state index contributed by atoms with van der Waals surface area (Å²) in [6.45, 7) is 4.18. The van der Waals surface area contributed by atoms with Crippen molar-refractivity contribution in [3.63, 3.8) is 0 Å². The number of aromatic nitrogens is 3. The SMILES string of the molecule is COC(=O)c1ccc(CSc2c(CC(C)C)cnc3c2c(=O)n(C)c(=O)n3C)o1. The average Bonchev–Trinajstić information content (AvgIpc) is 3.17. The molecular formula is C20H23N3O5S. The topological polar surface area (TPSA) is 96.3 Å². The van der Waals surface area contributed by atoms with Crippen molar-refractivity contribution in [2.24, 2.45) is 20.0 Å². The van der Waals surface area contributed by atoms with Crippen LogP contribution in [0.3, 0.4) is 0 Å². The minimum atomic E-state index is -0.542. The van der Waals surface area contributed by atoms with Crippen LogP contribution in [-0.4, -0.2) is 27.2 Å². The number of aryl methyl sites for hydroxylation is 1. The van der Waals surface area contributed by atoms with Crippen molar-refractivity contribution >= 4 is 28.8 Å². The number of carbonyl (C=O) groups excluding carboxylic acids is 1. The van der Waals surface area contributed by atoms with Crippen molar-refractivity contribution in [2.45, 2.75) is 30.9 Å². The Morgan fingerprint density at radius 2 is 1.97 bits per heavy atom. The first-order valence-electron chi connectivity index (χ1n) is 9.12. The van der Waals surface area contributed by atoms with Crippen molar-refractivity contribution in [1.29, 1.82) is 0 Å². The van der Waals surface area contributed by atoms with E-state index in [-0.39, 0.29) is 11.3 Å². The molecule has 3 heterocycles. The molecule has 29 heavy (non-hydrogen) atoms. The van der Waals surface area contributed by atoms with E-state index in [1.807, 2.05) is 0 Å². The van der Waals surface area contributed by atoms with Crippen molar-refractivity contribution in [3.05, 3.63) is 56.3 Å². The van der Waals surface area contributed by atoms with Crippen LogP contribution in [0, 0.1) is 5.92 Å². The number of hydrogen-bond donors (Lipinski definition) is 0.